The SMILES string of the molecule is CC(=O)N(CCC(=O)N1CCC(C)CC1)c1c(F)cccc1F. The number of nitrogens with zero attached hydrogens (tertiary/aromatic N) is 2. The molecule has 0 radical (unpaired) electrons. The van der Waals surface area contributed by atoms with Crippen LogP contribution in [-0.4, -0.2) is 36.3 Å². The lowest BCUT2D eigenvalue weighted by Gasteiger charge is -2.31. The van der Waals surface area contributed by atoms with E-state index in [-0.39, 0.29) is 24.6 Å². The van der Waals surface area contributed by atoms with Gasteiger partial charge in [-0.3, -0.25) is 9.59 Å². The van der Waals surface area contributed by atoms with Crippen molar-refractivity contribution in [1.29, 1.82) is 0 Å². The lowest BCUT2D eigenvalue weighted by Crippen LogP contribution is -2.40. The van der Waals surface area contributed by atoms with Gasteiger partial charge in [0.15, 0.2) is 0 Å². The smallest absolute Gasteiger partial charge is 0.224 e. The standard InChI is InChI=1S/C17H22F2N2O2/c1-12-6-9-20(10-7-12)16(23)8-11-21(13(2)22)17-14(18)4-3-5-15(17)19/h3-5,12H,6-11H2,1-2H3. The van der Waals surface area contributed by atoms with E-state index in [1.807, 2.05) is 0 Å². The first-order valence-electron chi connectivity index (χ1n) is 7.90. The van der Waals surface area contributed by atoms with Gasteiger partial charge in [0.25, 0.3) is 0 Å². The number of hydrogen-bond donors (Lipinski definition) is 0. The van der Waals surface area contributed by atoms with Gasteiger partial charge in [-0.25, -0.2) is 8.78 Å². The summed E-state index contributed by atoms with van der Waals surface area (Å²) in [5.74, 6) is -1.58. The first kappa shape index (κ1) is 17.4. The van der Waals surface area contributed by atoms with E-state index in [9.17, 15) is 18.4 Å². The molecule has 0 saturated carbocycles. The molecule has 4 nitrogen and oxygen atoms in total. The highest BCUT2D eigenvalue weighted by atomic mass is 19.1. The molecule has 1 heterocycles. The highest BCUT2D eigenvalue weighted by Crippen LogP contribution is 2.24. The molecule has 0 unspecified atom stereocenters. The van der Waals surface area contributed by atoms with Crippen molar-refractivity contribution < 1.29 is 18.4 Å². The fourth-order valence-corrected chi connectivity index (χ4v) is 2.80. The average Bonchev–Trinajstić information content (AvgIpc) is 2.50. The van der Waals surface area contributed by atoms with Crippen molar-refractivity contribution in [2.75, 3.05) is 24.5 Å². The molecule has 0 aromatic heterocycles. The van der Waals surface area contributed by atoms with Gasteiger partial charge >= 0.3 is 0 Å². The number of anilines is 1. The van der Waals surface area contributed by atoms with Crippen LogP contribution in [0.4, 0.5) is 14.5 Å². The Morgan fingerprint density at radius 3 is 2.30 bits per heavy atom. The Balaban J connectivity index is 2.03. The summed E-state index contributed by atoms with van der Waals surface area (Å²) in [5.41, 5.74) is -0.389. The molecule has 1 fully saturated rings. The summed E-state index contributed by atoms with van der Waals surface area (Å²) in [6.07, 6.45) is 1.98. The Kier molecular flexibility index (Phi) is 5.69. The summed E-state index contributed by atoms with van der Waals surface area (Å²) in [4.78, 5) is 26.7. The second-order valence-electron chi connectivity index (χ2n) is 6.05. The van der Waals surface area contributed by atoms with Crippen molar-refractivity contribution in [1.82, 2.24) is 4.90 Å². The Labute approximate surface area is 135 Å². The number of likely N-dealkylation sites (tertiary alicyclic amines) is 1. The predicted molar refractivity (Wildman–Crippen MR) is 84.0 cm³/mol. The number of para-hydroxylation sites is 1. The molecule has 0 aliphatic carbocycles. The lowest BCUT2D eigenvalue weighted by molar-refractivity contribution is -0.132. The Morgan fingerprint density at radius 2 is 1.78 bits per heavy atom. The monoisotopic (exact) mass is 324 g/mol. The van der Waals surface area contributed by atoms with Crippen molar-refractivity contribution in [3.8, 4) is 0 Å². The van der Waals surface area contributed by atoms with Crippen LogP contribution in [0.3, 0.4) is 0 Å². The second-order valence-corrected chi connectivity index (χ2v) is 6.05. The zero-order valence-corrected chi connectivity index (χ0v) is 13.5. The highest BCUT2D eigenvalue weighted by molar-refractivity contribution is 5.92. The maximum absolute atomic E-state index is 13.9. The molecular formula is C17H22F2N2O2. The van der Waals surface area contributed by atoms with E-state index in [0.717, 1.165) is 29.9 Å². The minimum absolute atomic E-state index is 0.0297. The summed E-state index contributed by atoms with van der Waals surface area (Å²) in [6.45, 7) is 4.76. The molecule has 0 atom stereocenters. The summed E-state index contributed by atoms with van der Waals surface area (Å²) < 4.78 is 27.7. The van der Waals surface area contributed by atoms with Crippen LogP contribution in [0.5, 0.6) is 0 Å². The molecule has 126 valence electrons. The van der Waals surface area contributed by atoms with Crippen molar-refractivity contribution in [2.45, 2.75) is 33.1 Å². The molecule has 0 bridgehead atoms. The van der Waals surface area contributed by atoms with Crippen LogP contribution < -0.4 is 4.90 Å². The topological polar surface area (TPSA) is 40.6 Å². The van der Waals surface area contributed by atoms with Crippen LogP contribution in [0, 0.1) is 17.6 Å². The number of benzene rings is 1. The maximum Gasteiger partial charge on any atom is 0.224 e. The van der Waals surface area contributed by atoms with Crippen LogP contribution in [0.15, 0.2) is 18.2 Å². The van der Waals surface area contributed by atoms with Crippen LogP contribution in [-0.2, 0) is 9.59 Å². The third-order valence-corrected chi connectivity index (χ3v) is 4.27. The fraction of sp³-hybridized carbons (Fsp3) is 0.529. The minimum atomic E-state index is -0.806. The summed E-state index contributed by atoms with van der Waals surface area (Å²) in [7, 11) is 0. The Hall–Kier alpha value is -1.98. The molecule has 0 spiro atoms. The van der Waals surface area contributed by atoms with E-state index in [2.05, 4.69) is 6.92 Å². The number of amides is 2. The zero-order valence-electron chi connectivity index (χ0n) is 13.5. The third kappa shape index (κ3) is 4.27. The number of halogens is 2. The van der Waals surface area contributed by atoms with Crippen molar-refractivity contribution in [3.63, 3.8) is 0 Å². The summed E-state index contributed by atoms with van der Waals surface area (Å²) in [6, 6.07) is 3.44. The Morgan fingerprint density at radius 1 is 1.22 bits per heavy atom. The quantitative estimate of drug-likeness (QED) is 0.854. The minimum Gasteiger partial charge on any atom is -0.343 e. The molecule has 6 heteroatoms. The average molecular weight is 324 g/mol. The number of carbonyl (C=O) groups is 2. The number of carbonyl (C=O) groups excluding carboxylic acids is 2. The van der Waals surface area contributed by atoms with Crippen molar-refractivity contribution in [3.05, 3.63) is 29.8 Å². The van der Waals surface area contributed by atoms with Gasteiger partial charge in [-0.05, 0) is 30.9 Å². The van der Waals surface area contributed by atoms with Crippen LogP contribution >= 0.6 is 0 Å². The van der Waals surface area contributed by atoms with E-state index < -0.39 is 17.5 Å². The fourth-order valence-electron chi connectivity index (χ4n) is 2.80. The van der Waals surface area contributed by atoms with Gasteiger partial charge in [0.1, 0.15) is 17.3 Å². The van der Waals surface area contributed by atoms with Gasteiger partial charge in [0.05, 0.1) is 0 Å². The van der Waals surface area contributed by atoms with Gasteiger partial charge in [0, 0.05) is 33.0 Å². The molecule has 1 aromatic rings. The van der Waals surface area contributed by atoms with Crippen LogP contribution in [0.2, 0.25) is 0 Å². The highest BCUT2D eigenvalue weighted by Gasteiger charge is 2.24. The van der Waals surface area contributed by atoms with E-state index in [4.69, 9.17) is 0 Å². The molecule has 1 saturated heterocycles. The predicted octanol–water partition coefficient (Wildman–Crippen LogP) is 2.97. The van der Waals surface area contributed by atoms with Crippen molar-refractivity contribution in [2.24, 2.45) is 5.92 Å². The van der Waals surface area contributed by atoms with Crippen LogP contribution in [0.25, 0.3) is 0 Å². The molecular weight excluding hydrogens is 302 g/mol. The molecule has 0 N–H and O–H groups in total. The number of rotatable bonds is 4. The van der Waals surface area contributed by atoms with Gasteiger partial charge in [-0.1, -0.05) is 13.0 Å². The van der Waals surface area contributed by atoms with Gasteiger partial charge in [0.2, 0.25) is 11.8 Å². The van der Waals surface area contributed by atoms with Gasteiger partial charge in [-0.2, -0.15) is 0 Å². The largest absolute Gasteiger partial charge is 0.343 e. The first-order chi connectivity index (χ1) is 10.9. The van der Waals surface area contributed by atoms with E-state index in [0.29, 0.717) is 19.0 Å². The second kappa shape index (κ2) is 7.53. The molecule has 1 aromatic carbocycles. The summed E-state index contributed by atoms with van der Waals surface area (Å²) >= 11 is 0. The third-order valence-electron chi connectivity index (χ3n) is 4.27. The van der Waals surface area contributed by atoms with Crippen LogP contribution in [0.1, 0.15) is 33.1 Å². The van der Waals surface area contributed by atoms with Gasteiger partial charge < -0.3 is 9.80 Å². The normalized spacial score (nSPS) is 15.6. The van der Waals surface area contributed by atoms with Crippen molar-refractivity contribution >= 4 is 17.5 Å². The molecule has 2 amide bonds. The van der Waals surface area contributed by atoms with E-state index in [1.165, 1.54) is 13.0 Å². The van der Waals surface area contributed by atoms with Gasteiger partial charge in [-0.15, -0.1) is 0 Å². The maximum atomic E-state index is 13.9. The molecule has 2 rings (SSSR count). The number of hydrogen-bond acceptors (Lipinski definition) is 2. The zero-order chi connectivity index (χ0) is 17.0. The molecule has 1 aliphatic rings. The number of piperidine rings is 1. The first-order valence-corrected chi connectivity index (χ1v) is 7.90. The van der Waals surface area contributed by atoms with E-state index in [1.54, 1.807) is 4.90 Å². The lowest BCUT2D eigenvalue weighted by atomic mass is 9.99. The molecule has 23 heavy (non-hydrogen) atoms. The Bertz CT molecular complexity index is 564. The molecule has 1 aliphatic heterocycles. The summed E-state index contributed by atoms with van der Waals surface area (Å²) in [5, 5.41) is 0. The van der Waals surface area contributed by atoms with E-state index >= 15 is 0 Å².